The Labute approximate surface area is 177 Å². The standard InChI is InChI=1S/C22H27N3O3.ClH/c1-3-22(23,4-2)14-24-20(26)16-9-7-10-17(12-16)25-21(27)19-13-15-8-5-6-11-18(15)28-19;/h5-12,19H,3-4,13-14,23H2,1-2H3,(H,24,26)(H,25,27);1H. The van der Waals surface area contributed by atoms with Crippen LogP contribution in [0.2, 0.25) is 0 Å². The molecule has 1 aliphatic heterocycles. The van der Waals surface area contributed by atoms with Crippen LogP contribution in [0.25, 0.3) is 0 Å². The van der Waals surface area contributed by atoms with Crippen molar-refractivity contribution in [2.45, 2.75) is 44.8 Å². The third-order valence-electron chi connectivity index (χ3n) is 5.34. The summed E-state index contributed by atoms with van der Waals surface area (Å²) in [5.74, 6) is 0.303. The monoisotopic (exact) mass is 417 g/mol. The van der Waals surface area contributed by atoms with Crippen molar-refractivity contribution in [3.05, 3.63) is 59.7 Å². The van der Waals surface area contributed by atoms with Gasteiger partial charge in [-0.25, -0.2) is 0 Å². The highest BCUT2D eigenvalue weighted by atomic mass is 35.5. The van der Waals surface area contributed by atoms with Crippen molar-refractivity contribution >= 4 is 29.9 Å². The zero-order valence-electron chi connectivity index (χ0n) is 16.7. The number of rotatable bonds is 7. The average Bonchev–Trinajstić information content (AvgIpc) is 3.16. The molecular formula is C22H28ClN3O3. The first-order valence-electron chi connectivity index (χ1n) is 9.66. The van der Waals surface area contributed by atoms with E-state index in [2.05, 4.69) is 10.6 Å². The normalized spacial score (nSPS) is 14.9. The first-order chi connectivity index (χ1) is 13.4. The molecule has 1 heterocycles. The van der Waals surface area contributed by atoms with Gasteiger partial charge in [0.2, 0.25) is 0 Å². The lowest BCUT2D eigenvalue weighted by molar-refractivity contribution is -0.122. The maximum atomic E-state index is 12.5. The highest BCUT2D eigenvalue weighted by Gasteiger charge is 2.29. The Balaban J connectivity index is 0.00000300. The van der Waals surface area contributed by atoms with Crippen molar-refractivity contribution in [3.8, 4) is 5.75 Å². The number of amides is 2. The minimum absolute atomic E-state index is 0. The summed E-state index contributed by atoms with van der Waals surface area (Å²) in [6, 6.07) is 14.5. The molecule has 0 saturated heterocycles. The van der Waals surface area contributed by atoms with Gasteiger partial charge in [-0.1, -0.05) is 38.1 Å². The molecule has 0 aromatic heterocycles. The van der Waals surface area contributed by atoms with Crippen LogP contribution in [0, 0.1) is 0 Å². The number of benzene rings is 2. The summed E-state index contributed by atoms with van der Waals surface area (Å²) in [6.45, 7) is 4.42. The van der Waals surface area contributed by atoms with Gasteiger partial charge >= 0.3 is 0 Å². The molecule has 7 heteroatoms. The highest BCUT2D eigenvalue weighted by molar-refractivity contribution is 5.98. The van der Waals surface area contributed by atoms with Crippen molar-refractivity contribution in [2.75, 3.05) is 11.9 Å². The summed E-state index contributed by atoms with van der Waals surface area (Å²) in [5.41, 5.74) is 7.89. The second-order valence-electron chi connectivity index (χ2n) is 7.24. The van der Waals surface area contributed by atoms with Crippen LogP contribution < -0.4 is 21.1 Å². The average molecular weight is 418 g/mol. The summed E-state index contributed by atoms with van der Waals surface area (Å²) in [7, 11) is 0. The van der Waals surface area contributed by atoms with Gasteiger partial charge in [0.25, 0.3) is 11.8 Å². The van der Waals surface area contributed by atoms with Crippen molar-refractivity contribution in [3.63, 3.8) is 0 Å². The van der Waals surface area contributed by atoms with Gasteiger partial charge in [-0.05, 0) is 42.7 Å². The number of hydrogen-bond acceptors (Lipinski definition) is 4. The maximum absolute atomic E-state index is 12.5. The Morgan fingerprint density at radius 2 is 1.86 bits per heavy atom. The zero-order chi connectivity index (χ0) is 20.1. The molecule has 1 unspecified atom stereocenters. The molecule has 2 aromatic carbocycles. The fourth-order valence-electron chi connectivity index (χ4n) is 3.15. The van der Waals surface area contributed by atoms with E-state index in [9.17, 15) is 9.59 Å². The fourth-order valence-corrected chi connectivity index (χ4v) is 3.15. The van der Waals surface area contributed by atoms with E-state index < -0.39 is 11.6 Å². The minimum Gasteiger partial charge on any atom is -0.480 e. The van der Waals surface area contributed by atoms with Gasteiger partial charge in [-0.15, -0.1) is 12.4 Å². The number of ether oxygens (including phenoxy) is 1. The second kappa shape index (κ2) is 9.76. The van der Waals surface area contributed by atoms with E-state index in [1.54, 1.807) is 24.3 Å². The zero-order valence-corrected chi connectivity index (χ0v) is 17.6. The van der Waals surface area contributed by atoms with E-state index in [-0.39, 0.29) is 24.2 Å². The van der Waals surface area contributed by atoms with Gasteiger partial charge in [0.1, 0.15) is 5.75 Å². The first-order valence-corrected chi connectivity index (χ1v) is 9.66. The van der Waals surface area contributed by atoms with Crippen molar-refractivity contribution in [1.29, 1.82) is 0 Å². The van der Waals surface area contributed by atoms with Crippen LogP contribution in [0.4, 0.5) is 5.69 Å². The molecule has 0 spiro atoms. The Kier molecular flexibility index (Phi) is 7.65. The van der Waals surface area contributed by atoms with Crippen LogP contribution >= 0.6 is 12.4 Å². The lowest BCUT2D eigenvalue weighted by atomic mass is 9.94. The predicted octanol–water partition coefficient (Wildman–Crippen LogP) is 3.30. The van der Waals surface area contributed by atoms with Gasteiger partial charge in [-0.3, -0.25) is 9.59 Å². The van der Waals surface area contributed by atoms with Crippen molar-refractivity contribution in [1.82, 2.24) is 5.32 Å². The van der Waals surface area contributed by atoms with Gasteiger partial charge in [0.05, 0.1) is 0 Å². The number of fused-ring (bicyclic) bond motifs is 1. The lowest BCUT2D eigenvalue weighted by Crippen LogP contribution is -2.49. The summed E-state index contributed by atoms with van der Waals surface area (Å²) in [6.07, 6.45) is 1.53. The van der Waals surface area contributed by atoms with Crippen molar-refractivity contribution < 1.29 is 14.3 Å². The number of para-hydroxylation sites is 1. The molecule has 3 rings (SSSR count). The highest BCUT2D eigenvalue weighted by Crippen LogP contribution is 2.28. The molecule has 2 amide bonds. The van der Waals surface area contributed by atoms with Crippen molar-refractivity contribution in [2.24, 2.45) is 5.73 Å². The number of carbonyl (C=O) groups is 2. The number of anilines is 1. The molecule has 156 valence electrons. The van der Waals surface area contributed by atoms with Crippen LogP contribution in [-0.4, -0.2) is 30.0 Å². The van der Waals surface area contributed by atoms with Crippen LogP contribution in [-0.2, 0) is 11.2 Å². The van der Waals surface area contributed by atoms with Crippen LogP contribution in [0.3, 0.4) is 0 Å². The van der Waals surface area contributed by atoms with E-state index in [4.69, 9.17) is 10.5 Å². The molecule has 0 aliphatic carbocycles. The van der Waals surface area contributed by atoms with Gasteiger partial charge in [0, 0.05) is 29.8 Å². The second-order valence-corrected chi connectivity index (χ2v) is 7.24. The summed E-state index contributed by atoms with van der Waals surface area (Å²) >= 11 is 0. The van der Waals surface area contributed by atoms with Gasteiger partial charge in [-0.2, -0.15) is 0 Å². The number of nitrogens with two attached hydrogens (primary N) is 1. The van der Waals surface area contributed by atoms with Crippen LogP contribution in [0.15, 0.2) is 48.5 Å². The smallest absolute Gasteiger partial charge is 0.265 e. The van der Waals surface area contributed by atoms with E-state index in [1.807, 2.05) is 38.1 Å². The Hall–Kier alpha value is -2.57. The largest absolute Gasteiger partial charge is 0.480 e. The van der Waals surface area contributed by atoms with E-state index in [1.165, 1.54) is 0 Å². The van der Waals surface area contributed by atoms with Gasteiger partial charge in [0.15, 0.2) is 6.10 Å². The Morgan fingerprint density at radius 1 is 1.14 bits per heavy atom. The molecular weight excluding hydrogens is 390 g/mol. The topological polar surface area (TPSA) is 93.5 Å². The fraction of sp³-hybridized carbons (Fsp3) is 0.364. The Bertz CT molecular complexity index is 843. The minimum atomic E-state index is -0.568. The number of carbonyl (C=O) groups excluding carboxylic acids is 2. The molecule has 0 fully saturated rings. The molecule has 0 bridgehead atoms. The molecule has 0 radical (unpaired) electrons. The summed E-state index contributed by atoms with van der Waals surface area (Å²) in [4.78, 5) is 25.0. The Morgan fingerprint density at radius 3 is 2.55 bits per heavy atom. The van der Waals surface area contributed by atoms with E-state index >= 15 is 0 Å². The molecule has 6 nitrogen and oxygen atoms in total. The molecule has 1 aliphatic rings. The predicted molar refractivity (Wildman–Crippen MR) is 117 cm³/mol. The van der Waals surface area contributed by atoms with E-state index in [0.29, 0.717) is 24.2 Å². The molecule has 2 aromatic rings. The first kappa shape index (κ1) is 22.7. The van der Waals surface area contributed by atoms with E-state index in [0.717, 1.165) is 24.2 Å². The summed E-state index contributed by atoms with van der Waals surface area (Å²) in [5, 5.41) is 5.73. The SMILES string of the molecule is CCC(N)(CC)CNC(=O)c1cccc(NC(=O)C2Cc3ccccc3O2)c1.Cl. The van der Waals surface area contributed by atoms with Gasteiger partial charge < -0.3 is 21.1 Å². The number of nitrogens with one attached hydrogen (secondary N) is 2. The molecule has 0 saturated carbocycles. The maximum Gasteiger partial charge on any atom is 0.265 e. The summed E-state index contributed by atoms with van der Waals surface area (Å²) < 4.78 is 5.71. The lowest BCUT2D eigenvalue weighted by Gasteiger charge is -2.26. The van der Waals surface area contributed by atoms with Crippen LogP contribution in [0.1, 0.15) is 42.6 Å². The number of hydrogen-bond donors (Lipinski definition) is 3. The molecule has 29 heavy (non-hydrogen) atoms. The molecule has 1 atom stereocenters. The molecule has 4 N–H and O–H groups in total. The third kappa shape index (κ3) is 5.49. The van der Waals surface area contributed by atoms with Crippen LogP contribution in [0.5, 0.6) is 5.75 Å². The third-order valence-corrected chi connectivity index (χ3v) is 5.34. The quantitative estimate of drug-likeness (QED) is 0.644. The number of halogens is 1.